The van der Waals surface area contributed by atoms with E-state index < -0.39 is 6.17 Å². The van der Waals surface area contributed by atoms with Crippen molar-refractivity contribution >= 4 is 16.8 Å². The fourth-order valence-corrected chi connectivity index (χ4v) is 3.28. The third kappa shape index (κ3) is 5.40. The van der Waals surface area contributed by atoms with E-state index in [0.29, 0.717) is 6.42 Å². The minimum Gasteiger partial charge on any atom is -0.248 e. The molecule has 1 heteroatoms. The second-order valence-electron chi connectivity index (χ2n) is 7.13. The van der Waals surface area contributed by atoms with Gasteiger partial charge < -0.3 is 0 Å². The van der Waals surface area contributed by atoms with Gasteiger partial charge in [-0.25, -0.2) is 4.39 Å². The zero-order chi connectivity index (χ0) is 19.1. The summed E-state index contributed by atoms with van der Waals surface area (Å²) < 4.78 is 12.8. The molecule has 0 nitrogen and oxygen atoms in total. The van der Waals surface area contributed by atoms with Gasteiger partial charge in [0.05, 0.1) is 6.17 Å². The Hall–Kier alpha value is -2.67. The Morgan fingerprint density at radius 2 is 1.63 bits per heavy atom. The summed E-state index contributed by atoms with van der Waals surface area (Å²) in [5, 5.41) is 2.48. The first-order valence-electron chi connectivity index (χ1n) is 9.70. The number of benzene rings is 3. The molecule has 138 valence electrons. The third-order valence-electron chi connectivity index (χ3n) is 4.81. The maximum Gasteiger partial charge on any atom is 0.0973 e. The lowest BCUT2D eigenvalue weighted by atomic mass is 9.98. The van der Waals surface area contributed by atoms with Crippen LogP contribution in [0.5, 0.6) is 0 Å². The first-order valence-corrected chi connectivity index (χ1v) is 9.70. The lowest BCUT2D eigenvalue weighted by molar-refractivity contribution is 0.335. The highest BCUT2D eigenvalue weighted by Crippen LogP contribution is 2.26. The zero-order valence-corrected chi connectivity index (χ0v) is 16.0. The summed E-state index contributed by atoms with van der Waals surface area (Å²) in [5.74, 6) is 0. The van der Waals surface area contributed by atoms with Gasteiger partial charge in [-0.05, 0) is 77.8 Å². The Balaban J connectivity index is 1.73. The molecule has 0 heterocycles. The molecule has 3 aromatic carbocycles. The quantitative estimate of drug-likeness (QED) is 0.285. The van der Waals surface area contributed by atoms with E-state index in [9.17, 15) is 4.39 Å². The van der Waals surface area contributed by atoms with Crippen molar-refractivity contribution in [1.29, 1.82) is 0 Å². The van der Waals surface area contributed by atoms with Crippen molar-refractivity contribution in [3.63, 3.8) is 0 Å². The van der Waals surface area contributed by atoms with Crippen LogP contribution >= 0.6 is 0 Å². The molecule has 3 aromatic rings. The van der Waals surface area contributed by atoms with E-state index >= 15 is 0 Å². The number of hydrogen-bond acceptors (Lipinski definition) is 0. The molecule has 0 bridgehead atoms. The van der Waals surface area contributed by atoms with Crippen LogP contribution in [0.2, 0.25) is 0 Å². The molecular formula is C26H27F. The van der Waals surface area contributed by atoms with Gasteiger partial charge in [0.25, 0.3) is 0 Å². The Labute approximate surface area is 162 Å². The SMILES string of the molecule is C=CCc1ccc(-c2ccc3cc(/C=C/CCCC(C)F)ccc3c2)cc1. The standard InChI is InChI=1S/C26H27F/c1-3-7-21-10-13-23(14-11-21)25-17-16-24-18-22(12-15-26(24)19-25)9-6-4-5-8-20(2)27/h3,6,9-20H,1,4-5,7-8H2,2H3/b9-6+. The first-order chi connectivity index (χ1) is 13.2. The average molecular weight is 358 g/mol. The molecule has 0 spiro atoms. The van der Waals surface area contributed by atoms with Crippen LogP contribution in [-0.4, -0.2) is 6.17 Å². The fourth-order valence-electron chi connectivity index (χ4n) is 3.28. The highest BCUT2D eigenvalue weighted by molar-refractivity contribution is 5.89. The highest BCUT2D eigenvalue weighted by Gasteiger charge is 2.01. The first kappa shape index (κ1) is 19.1. The number of fused-ring (bicyclic) bond motifs is 1. The van der Waals surface area contributed by atoms with Gasteiger partial charge in [-0.2, -0.15) is 0 Å². The van der Waals surface area contributed by atoms with Gasteiger partial charge in [0.15, 0.2) is 0 Å². The van der Waals surface area contributed by atoms with Crippen LogP contribution in [0.3, 0.4) is 0 Å². The molecular weight excluding hydrogens is 331 g/mol. The van der Waals surface area contributed by atoms with E-state index in [1.54, 1.807) is 6.92 Å². The molecule has 0 aliphatic carbocycles. The third-order valence-corrected chi connectivity index (χ3v) is 4.81. The van der Waals surface area contributed by atoms with Gasteiger partial charge in [0, 0.05) is 0 Å². The van der Waals surface area contributed by atoms with Gasteiger partial charge >= 0.3 is 0 Å². The lowest BCUT2D eigenvalue weighted by Crippen LogP contribution is -1.90. The smallest absolute Gasteiger partial charge is 0.0973 e. The van der Waals surface area contributed by atoms with Crippen molar-refractivity contribution in [2.24, 2.45) is 0 Å². The number of alkyl halides is 1. The second-order valence-corrected chi connectivity index (χ2v) is 7.13. The molecule has 0 N–H and O–H groups in total. The minimum atomic E-state index is -0.702. The molecule has 1 unspecified atom stereocenters. The molecule has 0 aliphatic heterocycles. The number of unbranched alkanes of at least 4 members (excludes halogenated alkanes) is 1. The van der Waals surface area contributed by atoms with Crippen LogP contribution < -0.4 is 0 Å². The van der Waals surface area contributed by atoms with Gasteiger partial charge in [0.1, 0.15) is 0 Å². The number of rotatable bonds is 8. The molecule has 3 rings (SSSR count). The molecule has 0 saturated heterocycles. The van der Waals surface area contributed by atoms with Crippen LogP contribution in [0.4, 0.5) is 4.39 Å². The normalized spacial score (nSPS) is 12.5. The van der Waals surface area contributed by atoms with Gasteiger partial charge in [-0.3, -0.25) is 0 Å². The largest absolute Gasteiger partial charge is 0.248 e. The molecule has 0 fully saturated rings. The Bertz CT molecular complexity index is 917. The van der Waals surface area contributed by atoms with Crippen LogP contribution in [-0.2, 0) is 6.42 Å². The summed E-state index contributed by atoms with van der Waals surface area (Å²) in [6.07, 6.45) is 8.87. The lowest BCUT2D eigenvalue weighted by Gasteiger charge is -2.06. The highest BCUT2D eigenvalue weighted by atomic mass is 19.1. The average Bonchev–Trinajstić information content (AvgIpc) is 2.68. The maximum absolute atomic E-state index is 12.8. The monoisotopic (exact) mass is 358 g/mol. The number of halogens is 1. The summed E-state index contributed by atoms with van der Waals surface area (Å²) in [6, 6.07) is 21.8. The summed E-state index contributed by atoms with van der Waals surface area (Å²) >= 11 is 0. The molecule has 0 aromatic heterocycles. The molecule has 1 atom stereocenters. The van der Waals surface area contributed by atoms with E-state index in [2.05, 4.69) is 79.4 Å². The van der Waals surface area contributed by atoms with E-state index in [4.69, 9.17) is 0 Å². The van der Waals surface area contributed by atoms with Crippen molar-refractivity contribution < 1.29 is 4.39 Å². The summed E-state index contributed by atoms with van der Waals surface area (Å²) in [7, 11) is 0. The van der Waals surface area contributed by atoms with Gasteiger partial charge in [-0.1, -0.05) is 66.8 Å². The number of allylic oxidation sites excluding steroid dienone is 2. The van der Waals surface area contributed by atoms with Crippen molar-refractivity contribution in [1.82, 2.24) is 0 Å². The fraction of sp³-hybridized carbons (Fsp3) is 0.231. The minimum absolute atomic E-state index is 0.638. The molecule has 0 saturated carbocycles. The van der Waals surface area contributed by atoms with Crippen LogP contribution in [0.25, 0.3) is 28.0 Å². The summed E-state index contributed by atoms with van der Waals surface area (Å²) in [5.41, 5.74) is 4.94. The van der Waals surface area contributed by atoms with Gasteiger partial charge in [0.2, 0.25) is 0 Å². The van der Waals surface area contributed by atoms with Crippen molar-refractivity contribution in [2.45, 2.75) is 38.8 Å². The van der Waals surface area contributed by atoms with Gasteiger partial charge in [-0.15, -0.1) is 6.58 Å². The summed E-state index contributed by atoms with van der Waals surface area (Å²) in [6.45, 7) is 5.41. The predicted octanol–water partition coefficient (Wildman–Crippen LogP) is 7.78. The Morgan fingerprint density at radius 3 is 2.37 bits per heavy atom. The maximum atomic E-state index is 12.8. The van der Waals surface area contributed by atoms with E-state index in [1.807, 2.05) is 6.08 Å². The molecule has 27 heavy (non-hydrogen) atoms. The van der Waals surface area contributed by atoms with Crippen LogP contribution in [0.15, 0.2) is 79.4 Å². The zero-order valence-electron chi connectivity index (χ0n) is 16.0. The van der Waals surface area contributed by atoms with E-state index in [0.717, 1.165) is 19.3 Å². The molecule has 0 radical (unpaired) electrons. The van der Waals surface area contributed by atoms with Crippen molar-refractivity contribution in [3.05, 3.63) is 90.5 Å². The van der Waals surface area contributed by atoms with Crippen LogP contribution in [0, 0.1) is 0 Å². The topological polar surface area (TPSA) is 0 Å². The Kier molecular flexibility index (Phi) is 6.59. The predicted molar refractivity (Wildman–Crippen MR) is 117 cm³/mol. The molecule has 0 amide bonds. The second kappa shape index (κ2) is 9.32. The Morgan fingerprint density at radius 1 is 0.926 bits per heavy atom. The van der Waals surface area contributed by atoms with Crippen LogP contribution in [0.1, 0.15) is 37.3 Å². The van der Waals surface area contributed by atoms with E-state index in [1.165, 1.54) is 33.0 Å². The number of hydrogen-bond donors (Lipinski definition) is 0. The molecule has 0 aliphatic rings. The van der Waals surface area contributed by atoms with Crippen molar-refractivity contribution in [2.75, 3.05) is 0 Å². The summed E-state index contributed by atoms with van der Waals surface area (Å²) in [4.78, 5) is 0. The van der Waals surface area contributed by atoms with E-state index in [-0.39, 0.29) is 0 Å². The van der Waals surface area contributed by atoms with Crippen molar-refractivity contribution in [3.8, 4) is 11.1 Å².